The van der Waals surface area contributed by atoms with Crippen LogP contribution in [0.5, 0.6) is 0 Å². The van der Waals surface area contributed by atoms with Crippen molar-refractivity contribution in [3.05, 3.63) is 58.6 Å². The van der Waals surface area contributed by atoms with Crippen molar-refractivity contribution in [2.45, 2.75) is 32.7 Å². The zero-order valence-electron chi connectivity index (χ0n) is 11.7. The van der Waals surface area contributed by atoms with Crippen LogP contribution >= 0.6 is 11.6 Å². The minimum absolute atomic E-state index is 0.181. The topological polar surface area (TPSA) is 26.0 Å². The van der Waals surface area contributed by atoms with Crippen molar-refractivity contribution in [3.63, 3.8) is 0 Å². The lowest BCUT2D eigenvalue weighted by molar-refractivity contribution is 0.590. The summed E-state index contributed by atoms with van der Waals surface area (Å²) in [6, 6.07) is 14.7. The summed E-state index contributed by atoms with van der Waals surface area (Å²) in [5, 5.41) is 0.734. The van der Waals surface area contributed by atoms with Crippen molar-refractivity contribution < 1.29 is 0 Å². The van der Waals surface area contributed by atoms with Gasteiger partial charge in [-0.15, -0.1) is 0 Å². The average molecular weight is 274 g/mol. The molecule has 0 unspecified atom stereocenters. The molecule has 2 N–H and O–H groups in total. The van der Waals surface area contributed by atoms with Gasteiger partial charge < -0.3 is 5.73 Å². The highest BCUT2D eigenvalue weighted by molar-refractivity contribution is 6.31. The van der Waals surface area contributed by atoms with Crippen LogP contribution < -0.4 is 5.73 Å². The van der Waals surface area contributed by atoms with Crippen molar-refractivity contribution in [2.75, 3.05) is 0 Å². The van der Waals surface area contributed by atoms with E-state index in [1.807, 2.05) is 12.1 Å². The fraction of sp³-hybridized carbons (Fsp3) is 0.294. The Morgan fingerprint density at radius 3 is 2.05 bits per heavy atom. The van der Waals surface area contributed by atoms with Crippen molar-refractivity contribution >= 4 is 11.6 Å². The largest absolute Gasteiger partial charge is 0.326 e. The van der Waals surface area contributed by atoms with Crippen LogP contribution in [0.1, 0.15) is 31.9 Å². The number of benzene rings is 2. The van der Waals surface area contributed by atoms with E-state index in [2.05, 4.69) is 51.1 Å². The number of rotatable bonds is 2. The molecule has 2 rings (SSSR count). The summed E-state index contributed by atoms with van der Waals surface area (Å²) in [6.45, 7) is 7.12. The number of nitrogens with two attached hydrogens (primary N) is 1. The van der Waals surface area contributed by atoms with Crippen molar-refractivity contribution in [1.82, 2.24) is 0 Å². The zero-order chi connectivity index (χ0) is 14.0. The minimum Gasteiger partial charge on any atom is -0.326 e. The van der Waals surface area contributed by atoms with E-state index in [1.165, 1.54) is 11.1 Å². The van der Waals surface area contributed by atoms with Gasteiger partial charge in [-0.05, 0) is 39.8 Å². The molecule has 0 heterocycles. The van der Waals surface area contributed by atoms with E-state index < -0.39 is 0 Å². The van der Waals surface area contributed by atoms with Gasteiger partial charge in [-0.3, -0.25) is 0 Å². The van der Waals surface area contributed by atoms with Gasteiger partial charge in [0.2, 0.25) is 0 Å². The Kier molecular flexibility index (Phi) is 3.98. The maximum absolute atomic E-state index is 6.09. The molecule has 0 amide bonds. The quantitative estimate of drug-likeness (QED) is 0.838. The average Bonchev–Trinajstić information content (AvgIpc) is 2.38. The Bertz CT molecular complexity index is 565. The molecule has 0 aliphatic heterocycles. The summed E-state index contributed by atoms with van der Waals surface area (Å²) in [5.41, 5.74) is 10.5. The molecule has 0 fully saturated rings. The van der Waals surface area contributed by atoms with Crippen molar-refractivity contribution in [2.24, 2.45) is 5.73 Å². The first kappa shape index (κ1) is 14.1. The third-order valence-electron chi connectivity index (χ3n) is 3.35. The van der Waals surface area contributed by atoms with Crippen LogP contribution in [0, 0.1) is 0 Å². The molecule has 0 radical (unpaired) electrons. The highest BCUT2D eigenvalue weighted by Gasteiger charge is 2.13. The molecule has 0 bridgehead atoms. The van der Waals surface area contributed by atoms with Crippen LogP contribution in [0.4, 0.5) is 0 Å². The maximum Gasteiger partial charge on any atom is 0.0451 e. The highest BCUT2D eigenvalue weighted by atomic mass is 35.5. The van der Waals surface area contributed by atoms with Gasteiger partial charge in [0.15, 0.2) is 0 Å². The molecule has 2 aromatic rings. The molecule has 0 aliphatic carbocycles. The second kappa shape index (κ2) is 5.36. The van der Waals surface area contributed by atoms with Crippen LogP contribution in [0.2, 0.25) is 5.02 Å². The van der Waals surface area contributed by atoms with Gasteiger partial charge in [0.25, 0.3) is 0 Å². The maximum atomic E-state index is 6.09. The van der Waals surface area contributed by atoms with E-state index in [1.54, 1.807) is 0 Å². The summed E-state index contributed by atoms with van der Waals surface area (Å²) in [5.74, 6) is 0. The van der Waals surface area contributed by atoms with Gasteiger partial charge >= 0.3 is 0 Å². The molecular formula is C17H20ClN. The first-order valence-corrected chi connectivity index (χ1v) is 6.89. The summed E-state index contributed by atoms with van der Waals surface area (Å²) in [4.78, 5) is 0. The number of hydrogen-bond acceptors (Lipinski definition) is 1. The van der Waals surface area contributed by atoms with Gasteiger partial charge in [0.05, 0.1) is 0 Å². The van der Waals surface area contributed by atoms with Crippen LogP contribution in [0.3, 0.4) is 0 Å². The fourth-order valence-corrected chi connectivity index (χ4v) is 2.27. The molecule has 0 atom stereocenters. The van der Waals surface area contributed by atoms with Crippen molar-refractivity contribution in [3.8, 4) is 11.1 Å². The first-order valence-electron chi connectivity index (χ1n) is 6.51. The summed E-state index contributed by atoms with van der Waals surface area (Å²) < 4.78 is 0. The normalized spacial score (nSPS) is 11.6. The smallest absolute Gasteiger partial charge is 0.0451 e. The molecule has 0 saturated heterocycles. The molecular weight excluding hydrogens is 254 g/mol. The van der Waals surface area contributed by atoms with E-state index in [-0.39, 0.29) is 5.41 Å². The molecule has 0 aromatic heterocycles. The lowest BCUT2D eigenvalue weighted by Crippen LogP contribution is -2.10. The van der Waals surface area contributed by atoms with E-state index in [0.29, 0.717) is 6.54 Å². The summed E-state index contributed by atoms with van der Waals surface area (Å²) in [6.07, 6.45) is 0. The van der Waals surface area contributed by atoms with E-state index in [0.717, 1.165) is 16.1 Å². The van der Waals surface area contributed by atoms with Crippen LogP contribution in [0.25, 0.3) is 11.1 Å². The Morgan fingerprint density at radius 2 is 1.53 bits per heavy atom. The lowest BCUT2D eigenvalue weighted by Gasteiger charge is -2.19. The Labute approximate surface area is 120 Å². The summed E-state index contributed by atoms with van der Waals surface area (Å²) in [7, 11) is 0. The van der Waals surface area contributed by atoms with E-state index in [4.69, 9.17) is 17.3 Å². The SMILES string of the molecule is CC(C)(C)c1ccc(-c2ccc(Cl)c(CN)c2)cc1. The van der Waals surface area contributed by atoms with Crippen LogP contribution in [-0.2, 0) is 12.0 Å². The molecule has 1 nitrogen and oxygen atoms in total. The van der Waals surface area contributed by atoms with E-state index >= 15 is 0 Å². The molecule has 0 aliphatic rings. The Morgan fingerprint density at radius 1 is 0.947 bits per heavy atom. The third kappa shape index (κ3) is 3.17. The summed E-state index contributed by atoms with van der Waals surface area (Å²) >= 11 is 6.09. The fourth-order valence-electron chi connectivity index (χ4n) is 2.07. The lowest BCUT2D eigenvalue weighted by atomic mass is 9.86. The number of halogens is 1. The van der Waals surface area contributed by atoms with Gasteiger partial charge in [-0.1, -0.05) is 62.7 Å². The van der Waals surface area contributed by atoms with Crippen LogP contribution in [0.15, 0.2) is 42.5 Å². The molecule has 2 aromatic carbocycles. The predicted octanol–water partition coefficient (Wildman–Crippen LogP) is 4.76. The van der Waals surface area contributed by atoms with Gasteiger partial charge in [0, 0.05) is 11.6 Å². The third-order valence-corrected chi connectivity index (χ3v) is 3.72. The monoisotopic (exact) mass is 273 g/mol. The molecule has 100 valence electrons. The molecule has 0 saturated carbocycles. The van der Waals surface area contributed by atoms with Gasteiger partial charge in [0.1, 0.15) is 0 Å². The van der Waals surface area contributed by atoms with Crippen LogP contribution in [-0.4, -0.2) is 0 Å². The molecule has 2 heteroatoms. The second-order valence-corrected chi connectivity index (χ2v) is 6.24. The van der Waals surface area contributed by atoms with Crippen molar-refractivity contribution in [1.29, 1.82) is 0 Å². The Balaban J connectivity index is 2.37. The first-order chi connectivity index (χ1) is 8.91. The highest BCUT2D eigenvalue weighted by Crippen LogP contribution is 2.28. The molecule has 19 heavy (non-hydrogen) atoms. The van der Waals surface area contributed by atoms with Gasteiger partial charge in [-0.2, -0.15) is 0 Å². The minimum atomic E-state index is 0.181. The van der Waals surface area contributed by atoms with Gasteiger partial charge in [-0.25, -0.2) is 0 Å². The molecule has 0 spiro atoms. The number of hydrogen-bond donors (Lipinski definition) is 1. The standard InChI is InChI=1S/C17H20ClN/c1-17(2,3)15-7-4-12(5-8-15)13-6-9-16(18)14(10-13)11-19/h4-10H,11,19H2,1-3H3. The Hall–Kier alpha value is -1.31. The van der Waals surface area contributed by atoms with E-state index in [9.17, 15) is 0 Å². The second-order valence-electron chi connectivity index (χ2n) is 5.84. The predicted molar refractivity (Wildman–Crippen MR) is 83.5 cm³/mol. The zero-order valence-corrected chi connectivity index (χ0v) is 12.5.